The fourth-order valence-electron chi connectivity index (χ4n) is 2.59. The van der Waals surface area contributed by atoms with Crippen LogP contribution in [0.4, 0.5) is 13.2 Å². The van der Waals surface area contributed by atoms with Crippen LogP contribution < -0.4 is 5.32 Å². The van der Waals surface area contributed by atoms with Crippen molar-refractivity contribution in [3.05, 3.63) is 17.2 Å². The average Bonchev–Trinajstić information content (AvgIpc) is 2.74. The minimum atomic E-state index is -4.37. The molecule has 2 rings (SSSR count). The van der Waals surface area contributed by atoms with Crippen molar-refractivity contribution >= 4 is 0 Å². The standard InChI is InChI=1S/C13H20F3N3/c1-3-9(4-2)8-19-11-5-6-17-7-10(11)18-12(19)13(14,15)16/h9,17H,3-8H2,1-2H3. The summed E-state index contributed by atoms with van der Waals surface area (Å²) in [5.41, 5.74) is 1.32. The Hall–Kier alpha value is -1.04. The second-order valence-electron chi connectivity index (χ2n) is 5.05. The molecule has 2 heterocycles. The van der Waals surface area contributed by atoms with Gasteiger partial charge in [0.05, 0.1) is 5.69 Å². The number of aromatic nitrogens is 2. The molecule has 0 spiro atoms. The topological polar surface area (TPSA) is 29.9 Å². The highest BCUT2D eigenvalue weighted by Crippen LogP contribution is 2.32. The Bertz CT molecular complexity index is 433. The maximum atomic E-state index is 13.1. The summed E-state index contributed by atoms with van der Waals surface area (Å²) in [6.45, 7) is 5.62. The Morgan fingerprint density at radius 3 is 2.58 bits per heavy atom. The maximum absolute atomic E-state index is 13.1. The lowest BCUT2D eigenvalue weighted by Gasteiger charge is -2.20. The molecule has 108 valence electrons. The van der Waals surface area contributed by atoms with Crippen LogP contribution in [0, 0.1) is 5.92 Å². The van der Waals surface area contributed by atoms with Crippen LogP contribution in [0.1, 0.15) is 43.9 Å². The lowest BCUT2D eigenvalue weighted by Crippen LogP contribution is -2.26. The molecule has 6 heteroatoms. The Kier molecular flexibility index (Phi) is 4.18. The summed E-state index contributed by atoms with van der Waals surface area (Å²) in [4.78, 5) is 3.82. The molecule has 0 atom stereocenters. The van der Waals surface area contributed by atoms with Gasteiger partial charge < -0.3 is 9.88 Å². The van der Waals surface area contributed by atoms with Gasteiger partial charge in [0.25, 0.3) is 0 Å². The van der Waals surface area contributed by atoms with Crippen LogP contribution >= 0.6 is 0 Å². The molecule has 0 saturated heterocycles. The molecule has 0 saturated carbocycles. The molecule has 0 aromatic carbocycles. The van der Waals surface area contributed by atoms with Crippen LogP contribution in [0.15, 0.2) is 0 Å². The number of nitrogens with zero attached hydrogens (tertiary/aromatic N) is 2. The second kappa shape index (κ2) is 5.53. The van der Waals surface area contributed by atoms with E-state index in [2.05, 4.69) is 10.3 Å². The van der Waals surface area contributed by atoms with E-state index in [4.69, 9.17) is 0 Å². The highest BCUT2D eigenvalue weighted by atomic mass is 19.4. The first-order valence-electron chi connectivity index (χ1n) is 6.83. The summed E-state index contributed by atoms with van der Waals surface area (Å²) in [6, 6.07) is 0. The molecule has 0 bridgehead atoms. The Balaban J connectivity index is 2.40. The summed E-state index contributed by atoms with van der Waals surface area (Å²) >= 11 is 0. The van der Waals surface area contributed by atoms with Gasteiger partial charge in [-0.25, -0.2) is 4.98 Å². The van der Waals surface area contributed by atoms with Gasteiger partial charge in [0, 0.05) is 31.7 Å². The lowest BCUT2D eigenvalue weighted by molar-refractivity contribution is -0.147. The van der Waals surface area contributed by atoms with Gasteiger partial charge in [-0.15, -0.1) is 0 Å². The number of rotatable bonds is 4. The predicted octanol–water partition coefficient (Wildman–Crippen LogP) is 2.98. The van der Waals surface area contributed by atoms with Crippen molar-refractivity contribution in [2.45, 2.75) is 52.4 Å². The van der Waals surface area contributed by atoms with Crippen LogP contribution in [0.5, 0.6) is 0 Å². The van der Waals surface area contributed by atoms with Crippen LogP contribution in [-0.2, 0) is 25.7 Å². The number of hydrogen-bond donors (Lipinski definition) is 1. The monoisotopic (exact) mass is 275 g/mol. The van der Waals surface area contributed by atoms with Crippen molar-refractivity contribution in [1.82, 2.24) is 14.9 Å². The van der Waals surface area contributed by atoms with Crippen LogP contribution in [0.2, 0.25) is 0 Å². The zero-order valence-electron chi connectivity index (χ0n) is 11.3. The van der Waals surface area contributed by atoms with Gasteiger partial charge >= 0.3 is 6.18 Å². The smallest absolute Gasteiger partial charge is 0.324 e. The Labute approximate surface area is 111 Å². The summed E-state index contributed by atoms with van der Waals surface area (Å²) in [5.74, 6) is -0.456. The second-order valence-corrected chi connectivity index (χ2v) is 5.05. The first kappa shape index (κ1) is 14.4. The molecule has 1 N–H and O–H groups in total. The molecular weight excluding hydrogens is 255 g/mol. The molecule has 1 aliphatic rings. The van der Waals surface area contributed by atoms with Crippen molar-refractivity contribution in [2.24, 2.45) is 5.92 Å². The minimum Gasteiger partial charge on any atom is -0.324 e. The number of halogens is 3. The third-order valence-corrected chi connectivity index (χ3v) is 3.84. The van der Waals surface area contributed by atoms with E-state index in [-0.39, 0.29) is 5.92 Å². The van der Waals surface area contributed by atoms with Gasteiger partial charge in [-0.3, -0.25) is 0 Å². The van der Waals surface area contributed by atoms with Gasteiger partial charge in [0.15, 0.2) is 0 Å². The number of nitrogens with one attached hydrogen (secondary N) is 1. The van der Waals surface area contributed by atoms with Crippen molar-refractivity contribution < 1.29 is 13.2 Å². The lowest BCUT2D eigenvalue weighted by atomic mass is 10.0. The van der Waals surface area contributed by atoms with Gasteiger partial charge in [0.1, 0.15) is 0 Å². The van der Waals surface area contributed by atoms with Crippen LogP contribution in [0.25, 0.3) is 0 Å². The highest BCUT2D eigenvalue weighted by Gasteiger charge is 2.39. The van der Waals surface area contributed by atoms with E-state index in [9.17, 15) is 13.2 Å². The minimum absolute atomic E-state index is 0.272. The summed E-state index contributed by atoms with van der Waals surface area (Å²) in [7, 11) is 0. The molecule has 0 aliphatic carbocycles. The molecule has 0 fully saturated rings. The molecule has 1 aromatic heterocycles. The van der Waals surface area contributed by atoms with Crippen molar-refractivity contribution in [1.29, 1.82) is 0 Å². The number of imidazole rings is 1. The molecule has 0 unspecified atom stereocenters. The van der Waals surface area contributed by atoms with E-state index in [1.165, 1.54) is 4.57 Å². The van der Waals surface area contributed by atoms with Gasteiger partial charge in [0.2, 0.25) is 5.82 Å². The first-order valence-corrected chi connectivity index (χ1v) is 6.83. The van der Waals surface area contributed by atoms with Crippen LogP contribution in [-0.4, -0.2) is 16.1 Å². The van der Waals surface area contributed by atoms with Gasteiger partial charge in [-0.05, 0) is 5.92 Å². The van der Waals surface area contributed by atoms with Crippen molar-refractivity contribution in [3.63, 3.8) is 0 Å². The third-order valence-electron chi connectivity index (χ3n) is 3.84. The maximum Gasteiger partial charge on any atom is 0.449 e. The molecule has 1 aliphatic heterocycles. The van der Waals surface area contributed by atoms with E-state index < -0.39 is 12.0 Å². The first-order chi connectivity index (χ1) is 8.97. The predicted molar refractivity (Wildman–Crippen MR) is 66.7 cm³/mol. The molecule has 3 nitrogen and oxygen atoms in total. The third kappa shape index (κ3) is 2.94. The molecule has 19 heavy (non-hydrogen) atoms. The largest absolute Gasteiger partial charge is 0.449 e. The fourth-order valence-corrected chi connectivity index (χ4v) is 2.59. The average molecular weight is 275 g/mol. The Morgan fingerprint density at radius 2 is 2.00 bits per heavy atom. The number of hydrogen-bond acceptors (Lipinski definition) is 2. The van der Waals surface area contributed by atoms with Gasteiger partial charge in [-0.2, -0.15) is 13.2 Å². The van der Waals surface area contributed by atoms with E-state index >= 15 is 0 Å². The summed E-state index contributed by atoms with van der Waals surface area (Å²) in [5, 5.41) is 3.07. The van der Waals surface area contributed by atoms with Crippen molar-refractivity contribution in [3.8, 4) is 0 Å². The fraction of sp³-hybridized carbons (Fsp3) is 0.769. The highest BCUT2D eigenvalue weighted by molar-refractivity contribution is 5.21. The quantitative estimate of drug-likeness (QED) is 0.915. The molecular formula is C13H20F3N3. The van der Waals surface area contributed by atoms with E-state index in [1.807, 2.05) is 13.8 Å². The van der Waals surface area contributed by atoms with E-state index in [0.29, 0.717) is 25.2 Å². The molecule has 0 radical (unpaired) electrons. The molecule has 1 aromatic rings. The van der Waals surface area contributed by atoms with E-state index in [1.54, 1.807) is 0 Å². The summed E-state index contributed by atoms with van der Waals surface area (Å²) in [6.07, 6.45) is -1.97. The van der Waals surface area contributed by atoms with Crippen LogP contribution in [0.3, 0.4) is 0 Å². The zero-order valence-corrected chi connectivity index (χ0v) is 11.3. The summed E-state index contributed by atoms with van der Waals surface area (Å²) < 4.78 is 40.7. The van der Waals surface area contributed by atoms with Gasteiger partial charge in [-0.1, -0.05) is 26.7 Å². The van der Waals surface area contributed by atoms with Crippen molar-refractivity contribution in [2.75, 3.05) is 6.54 Å². The zero-order chi connectivity index (χ0) is 14.0. The SMILES string of the molecule is CCC(CC)Cn1c(C(F)(F)F)nc2c1CCNC2. The number of alkyl halides is 3. The normalized spacial score (nSPS) is 15.9. The Morgan fingerprint density at radius 1 is 1.32 bits per heavy atom. The number of fused-ring (bicyclic) bond motifs is 1. The molecule has 0 amide bonds. The van der Waals surface area contributed by atoms with E-state index in [0.717, 1.165) is 25.1 Å².